The first kappa shape index (κ1) is 13.2. The molecule has 4 nitrogen and oxygen atoms in total. The van der Waals surface area contributed by atoms with Gasteiger partial charge in [-0.05, 0) is 23.8 Å². The summed E-state index contributed by atoms with van der Waals surface area (Å²) in [4.78, 5) is 0. The Morgan fingerprint density at radius 3 is 2.82 bits per heavy atom. The molecule has 1 aliphatic rings. The molecule has 0 aliphatic carbocycles. The van der Waals surface area contributed by atoms with Gasteiger partial charge in [-0.2, -0.15) is 0 Å². The molecular formula is C17H17FN4. The first-order valence-corrected chi connectivity index (χ1v) is 7.39. The number of pyridine rings is 1. The standard InChI is InChI=1S/C17H17FN4/c1-17(2)9-19-14-8-12(7-11-3-5-13(18)6-4-11)16-21-20-10-22(16)15(14)17/h3-6,8,10,19H,7,9H2,1-2H3. The molecule has 0 saturated heterocycles. The van der Waals surface area contributed by atoms with Gasteiger partial charge in [0.05, 0.1) is 11.4 Å². The lowest BCUT2D eigenvalue weighted by molar-refractivity contribution is 0.561. The number of hydrogen-bond acceptors (Lipinski definition) is 3. The molecule has 0 bridgehead atoms. The number of halogens is 1. The second-order valence-electron chi connectivity index (χ2n) is 6.50. The maximum absolute atomic E-state index is 13.1. The van der Waals surface area contributed by atoms with Gasteiger partial charge in [0.25, 0.3) is 0 Å². The van der Waals surface area contributed by atoms with Crippen LogP contribution in [0.1, 0.15) is 30.7 Å². The second-order valence-corrected chi connectivity index (χ2v) is 6.50. The third-order valence-corrected chi connectivity index (χ3v) is 4.32. The van der Waals surface area contributed by atoms with E-state index in [4.69, 9.17) is 0 Å². The Balaban J connectivity index is 1.85. The van der Waals surface area contributed by atoms with E-state index in [0.717, 1.165) is 29.0 Å². The van der Waals surface area contributed by atoms with Crippen LogP contribution in [-0.4, -0.2) is 21.1 Å². The summed E-state index contributed by atoms with van der Waals surface area (Å²) >= 11 is 0. The number of rotatable bonds is 2. The number of nitrogens with zero attached hydrogens (tertiary/aromatic N) is 3. The number of benzene rings is 1. The van der Waals surface area contributed by atoms with Crippen LogP contribution in [-0.2, 0) is 11.8 Å². The second kappa shape index (κ2) is 4.53. The number of anilines is 1. The minimum atomic E-state index is -0.214. The van der Waals surface area contributed by atoms with E-state index in [0.29, 0.717) is 6.42 Å². The van der Waals surface area contributed by atoms with Gasteiger partial charge >= 0.3 is 0 Å². The minimum Gasteiger partial charge on any atom is -0.383 e. The summed E-state index contributed by atoms with van der Waals surface area (Å²) in [6.45, 7) is 5.32. The fourth-order valence-corrected chi connectivity index (χ4v) is 3.23. The van der Waals surface area contributed by atoms with Gasteiger partial charge in [0.2, 0.25) is 0 Å². The Morgan fingerprint density at radius 2 is 2.05 bits per heavy atom. The zero-order chi connectivity index (χ0) is 15.3. The zero-order valence-corrected chi connectivity index (χ0v) is 12.6. The van der Waals surface area contributed by atoms with Gasteiger partial charge in [-0.1, -0.05) is 26.0 Å². The largest absolute Gasteiger partial charge is 0.383 e. The van der Waals surface area contributed by atoms with Crippen molar-refractivity contribution in [1.29, 1.82) is 0 Å². The van der Waals surface area contributed by atoms with Crippen LogP contribution >= 0.6 is 0 Å². The molecule has 2 aromatic heterocycles. The van der Waals surface area contributed by atoms with Crippen molar-refractivity contribution in [2.24, 2.45) is 0 Å². The summed E-state index contributed by atoms with van der Waals surface area (Å²) in [5, 5.41) is 11.8. The average molecular weight is 296 g/mol. The van der Waals surface area contributed by atoms with Crippen LogP contribution < -0.4 is 5.32 Å². The van der Waals surface area contributed by atoms with Crippen molar-refractivity contribution in [3.05, 3.63) is 59.3 Å². The Hall–Kier alpha value is -2.43. The van der Waals surface area contributed by atoms with Gasteiger partial charge in [-0.25, -0.2) is 4.39 Å². The quantitative estimate of drug-likeness (QED) is 0.790. The molecule has 0 amide bonds. The molecule has 3 aromatic rings. The molecule has 0 spiro atoms. The molecule has 0 saturated carbocycles. The zero-order valence-electron chi connectivity index (χ0n) is 12.6. The summed E-state index contributed by atoms with van der Waals surface area (Å²) in [5.41, 5.74) is 5.42. The van der Waals surface area contributed by atoms with E-state index in [1.807, 2.05) is 12.1 Å². The van der Waals surface area contributed by atoms with Gasteiger partial charge in [-0.3, -0.25) is 4.40 Å². The molecule has 3 heterocycles. The molecule has 1 aliphatic heterocycles. The van der Waals surface area contributed by atoms with Gasteiger partial charge in [-0.15, -0.1) is 10.2 Å². The smallest absolute Gasteiger partial charge is 0.164 e. The van der Waals surface area contributed by atoms with Crippen molar-refractivity contribution in [2.45, 2.75) is 25.7 Å². The number of aromatic nitrogens is 3. The SMILES string of the molecule is CC1(C)CNc2cc(Cc3ccc(F)cc3)c3nncn3c21. The molecule has 22 heavy (non-hydrogen) atoms. The maximum atomic E-state index is 13.1. The number of hydrogen-bond donors (Lipinski definition) is 1. The minimum absolute atomic E-state index is 0.0460. The summed E-state index contributed by atoms with van der Waals surface area (Å²) in [7, 11) is 0. The van der Waals surface area contributed by atoms with Crippen molar-refractivity contribution >= 4 is 11.3 Å². The highest BCUT2D eigenvalue weighted by Gasteiger charge is 2.33. The Bertz CT molecular complexity index is 849. The lowest BCUT2D eigenvalue weighted by Gasteiger charge is -2.19. The van der Waals surface area contributed by atoms with Crippen molar-refractivity contribution in [2.75, 3.05) is 11.9 Å². The van der Waals surface area contributed by atoms with E-state index in [-0.39, 0.29) is 11.2 Å². The van der Waals surface area contributed by atoms with Crippen LogP contribution in [0.25, 0.3) is 5.65 Å². The van der Waals surface area contributed by atoms with Gasteiger partial charge in [0.15, 0.2) is 5.65 Å². The molecular weight excluding hydrogens is 279 g/mol. The highest BCUT2D eigenvalue weighted by Crippen LogP contribution is 2.37. The molecule has 0 atom stereocenters. The normalized spacial score (nSPS) is 15.8. The summed E-state index contributed by atoms with van der Waals surface area (Å²) in [6, 6.07) is 8.76. The van der Waals surface area contributed by atoms with Crippen LogP contribution in [0.5, 0.6) is 0 Å². The van der Waals surface area contributed by atoms with Crippen LogP contribution in [0.4, 0.5) is 10.1 Å². The Labute approximate surface area is 128 Å². The molecule has 112 valence electrons. The van der Waals surface area contributed by atoms with Gasteiger partial charge < -0.3 is 5.32 Å². The van der Waals surface area contributed by atoms with Crippen LogP contribution in [0, 0.1) is 5.82 Å². The predicted molar refractivity (Wildman–Crippen MR) is 83.7 cm³/mol. The number of fused-ring (bicyclic) bond motifs is 3. The predicted octanol–water partition coefficient (Wildman–Crippen LogP) is 3.16. The van der Waals surface area contributed by atoms with Crippen LogP contribution in [0.3, 0.4) is 0 Å². The fraction of sp³-hybridized carbons (Fsp3) is 0.294. The maximum Gasteiger partial charge on any atom is 0.164 e. The highest BCUT2D eigenvalue weighted by molar-refractivity contribution is 5.66. The first-order chi connectivity index (χ1) is 10.5. The van der Waals surface area contributed by atoms with Gasteiger partial charge in [0, 0.05) is 23.9 Å². The third-order valence-electron chi connectivity index (χ3n) is 4.32. The molecule has 1 aromatic carbocycles. The lowest BCUT2D eigenvalue weighted by atomic mass is 9.90. The summed E-state index contributed by atoms with van der Waals surface area (Å²) < 4.78 is 15.1. The van der Waals surface area contributed by atoms with Crippen molar-refractivity contribution in [3.8, 4) is 0 Å². The molecule has 0 unspecified atom stereocenters. The average Bonchev–Trinajstić information content (AvgIpc) is 3.06. The molecule has 0 fully saturated rings. The number of nitrogens with one attached hydrogen (secondary N) is 1. The summed E-state index contributed by atoms with van der Waals surface area (Å²) in [5.74, 6) is -0.214. The lowest BCUT2D eigenvalue weighted by Crippen LogP contribution is -2.21. The van der Waals surface area contributed by atoms with Crippen LogP contribution in [0.2, 0.25) is 0 Å². The van der Waals surface area contributed by atoms with E-state index in [9.17, 15) is 4.39 Å². The molecule has 4 rings (SSSR count). The van der Waals surface area contributed by atoms with E-state index < -0.39 is 0 Å². The van der Waals surface area contributed by atoms with E-state index in [1.54, 1.807) is 6.33 Å². The van der Waals surface area contributed by atoms with Crippen molar-refractivity contribution < 1.29 is 4.39 Å². The fourth-order valence-electron chi connectivity index (χ4n) is 3.23. The first-order valence-electron chi connectivity index (χ1n) is 7.39. The molecule has 0 radical (unpaired) electrons. The Kier molecular flexibility index (Phi) is 2.73. The monoisotopic (exact) mass is 296 g/mol. The topological polar surface area (TPSA) is 42.2 Å². The van der Waals surface area contributed by atoms with E-state index >= 15 is 0 Å². The highest BCUT2D eigenvalue weighted by atomic mass is 19.1. The third kappa shape index (κ3) is 1.96. The van der Waals surface area contributed by atoms with Crippen molar-refractivity contribution in [3.63, 3.8) is 0 Å². The molecule has 5 heteroatoms. The van der Waals surface area contributed by atoms with Crippen molar-refractivity contribution in [1.82, 2.24) is 14.6 Å². The van der Waals surface area contributed by atoms with E-state index in [2.05, 4.69) is 39.8 Å². The molecule has 1 N–H and O–H groups in total. The van der Waals surface area contributed by atoms with E-state index in [1.165, 1.54) is 17.8 Å². The van der Waals surface area contributed by atoms with Crippen LogP contribution in [0.15, 0.2) is 36.7 Å². The Morgan fingerprint density at radius 1 is 1.27 bits per heavy atom. The summed E-state index contributed by atoms with van der Waals surface area (Å²) in [6.07, 6.45) is 2.48. The van der Waals surface area contributed by atoms with Gasteiger partial charge in [0.1, 0.15) is 12.1 Å².